The summed E-state index contributed by atoms with van der Waals surface area (Å²) in [7, 11) is -3.82. The molecule has 4 aromatic rings. The lowest BCUT2D eigenvalue weighted by molar-refractivity contribution is 0.446. The molecule has 0 aliphatic rings. The molecule has 0 atom stereocenters. The number of unbranched alkanes of at least 4 members (excludes halogenated alkanes) is 1. The zero-order valence-electron chi connectivity index (χ0n) is 18.1. The maximum Gasteiger partial charge on any atom is 0.343 e. The monoisotopic (exact) mass is 481 g/mol. The minimum absolute atomic E-state index is 0.0332. The number of hydrogen-bond acceptors (Lipinski definition) is 5. The highest BCUT2D eigenvalue weighted by molar-refractivity contribution is 7.89. The lowest BCUT2D eigenvalue weighted by Gasteiger charge is -2.09. The van der Waals surface area contributed by atoms with E-state index in [1.807, 2.05) is 24.5 Å². The summed E-state index contributed by atoms with van der Waals surface area (Å²) in [6, 6.07) is 6.77. The van der Waals surface area contributed by atoms with Crippen LogP contribution in [0.5, 0.6) is 0 Å². The Morgan fingerprint density at radius 1 is 1.06 bits per heavy atom. The molecule has 3 aromatic heterocycles. The molecule has 1 aromatic carbocycles. The fourth-order valence-electron chi connectivity index (χ4n) is 3.58. The predicted octanol–water partition coefficient (Wildman–Crippen LogP) is 3.83. The SMILES string of the molecule is CC.CS(=O)(=O)n1c(=O)n(Cc2nc3cc(Cl)ccc3n2CCCCF)c2cnccc21. The van der Waals surface area contributed by atoms with E-state index in [0.717, 1.165) is 15.7 Å². The third kappa shape index (κ3) is 4.56. The largest absolute Gasteiger partial charge is 0.343 e. The average molecular weight is 482 g/mol. The van der Waals surface area contributed by atoms with Gasteiger partial charge in [-0.1, -0.05) is 25.4 Å². The molecule has 11 heteroatoms. The number of halogens is 2. The van der Waals surface area contributed by atoms with E-state index in [1.54, 1.807) is 12.1 Å². The second kappa shape index (κ2) is 9.83. The van der Waals surface area contributed by atoms with Crippen molar-refractivity contribution in [3.8, 4) is 0 Å². The van der Waals surface area contributed by atoms with Crippen LogP contribution in [0.3, 0.4) is 0 Å². The van der Waals surface area contributed by atoms with Gasteiger partial charge in [-0.25, -0.2) is 18.2 Å². The molecule has 0 aliphatic carbocycles. The van der Waals surface area contributed by atoms with Crippen molar-refractivity contribution in [2.75, 3.05) is 12.9 Å². The first-order valence-corrected chi connectivity index (χ1v) is 12.5. The highest BCUT2D eigenvalue weighted by atomic mass is 35.5. The van der Waals surface area contributed by atoms with E-state index < -0.39 is 22.4 Å². The van der Waals surface area contributed by atoms with Gasteiger partial charge in [0.2, 0.25) is 10.0 Å². The molecule has 0 fully saturated rings. The van der Waals surface area contributed by atoms with E-state index in [9.17, 15) is 17.6 Å². The van der Waals surface area contributed by atoms with Gasteiger partial charge in [-0.3, -0.25) is 13.9 Å². The zero-order chi connectivity index (χ0) is 23.5. The topological polar surface area (TPSA) is 91.8 Å². The van der Waals surface area contributed by atoms with Gasteiger partial charge in [0.1, 0.15) is 5.82 Å². The third-order valence-electron chi connectivity index (χ3n) is 4.88. The molecule has 0 amide bonds. The molecule has 0 saturated carbocycles. The quantitative estimate of drug-likeness (QED) is 0.374. The number of imidazole rings is 2. The van der Waals surface area contributed by atoms with Crippen molar-refractivity contribution in [2.24, 2.45) is 0 Å². The van der Waals surface area contributed by atoms with Crippen LogP contribution in [0.4, 0.5) is 4.39 Å². The highest BCUT2D eigenvalue weighted by Gasteiger charge is 2.21. The lowest BCUT2D eigenvalue weighted by Crippen LogP contribution is -2.29. The number of pyridine rings is 1. The van der Waals surface area contributed by atoms with Crippen molar-refractivity contribution in [3.05, 3.63) is 58.0 Å². The van der Waals surface area contributed by atoms with Gasteiger partial charge in [0.15, 0.2) is 0 Å². The normalized spacial score (nSPS) is 11.7. The number of nitrogens with zero attached hydrogens (tertiary/aromatic N) is 5. The summed E-state index contributed by atoms with van der Waals surface area (Å²) < 4.78 is 41.0. The minimum atomic E-state index is -3.82. The first kappa shape index (κ1) is 23.9. The Kier molecular flexibility index (Phi) is 7.35. The summed E-state index contributed by atoms with van der Waals surface area (Å²) in [5, 5.41) is 0.525. The van der Waals surface area contributed by atoms with Gasteiger partial charge >= 0.3 is 5.69 Å². The van der Waals surface area contributed by atoms with Crippen LogP contribution in [0.1, 0.15) is 32.5 Å². The summed E-state index contributed by atoms with van der Waals surface area (Å²) in [5.74, 6) is 0.546. The Morgan fingerprint density at radius 3 is 2.50 bits per heavy atom. The predicted molar refractivity (Wildman–Crippen MR) is 125 cm³/mol. The molecule has 4 rings (SSSR count). The van der Waals surface area contributed by atoms with Crippen LogP contribution in [0, 0.1) is 0 Å². The van der Waals surface area contributed by atoms with Gasteiger partial charge < -0.3 is 4.57 Å². The van der Waals surface area contributed by atoms with E-state index >= 15 is 0 Å². The van der Waals surface area contributed by atoms with E-state index in [2.05, 4.69) is 9.97 Å². The van der Waals surface area contributed by atoms with Crippen molar-refractivity contribution in [1.29, 1.82) is 0 Å². The van der Waals surface area contributed by atoms with E-state index in [0.29, 0.717) is 41.3 Å². The van der Waals surface area contributed by atoms with Gasteiger partial charge in [0.05, 0.1) is 47.7 Å². The molecular weight excluding hydrogens is 457 g/mol. The van der Waals surface area contributed by atoms with Gasteiger partial charge in [-0.05, 0) is 37.1 Å². The molecule has 0 bridgehead atoms. The summed E-state index contributed by atoms with van der Waals surface area (Å²) in [5.41, 5.74) is 1.40. The summed E-state index contributed by atoms with van der Waals surface area (Å²) in [4.78, 5) is 21.6. The highest BCUT2D eigenvalue weighted by Crippen LogP contribution is 2.23. The Balaban J connectivity index is 0.00000141. The number of benzene rings is 1. The van der Waals surface area contributed by atoms with E-state index in [4.69, 9.17) is 11.6 Å². The number of alkyl halides is 1. The minimum Gasteiger partial charge on any atom is -0.326 e. The second-order valence-corrected chi connectivity index (χ2v) is 9.24. The maximum absolute atomic E-state index is 13.0. The first-order valence-electron chi connectivity index (χ1n) is 10.3. The number of aryl methyl sites for hydroxylation is 1. The summed E-state index contributed by atoms with van der Waals surface area (Å²) in [6.07, 6.45) is 4.86. The van der Waals surface area contributed by atoms with Crippen LogP contribution in [0.15, 0.2) is 41.5 Å². The fourth-order valence-corrected chi connectivity index (χ4v) is 4.64. The van der Waals surface area contributed by atoms with Gasteiger partial charge in [0.25, 0.3) is 0 Å². The van der Waals surface area contributed by atoms with Crippen molar-refractivity contribution < 1.29 is 12.8 Å². The Labute approximate surface area is 190 Å². The van der Waals surface area contributed by atoms with Gasteiger partial charge in [0, 0.05) is 17.8 Å². The number of hydrogen-bond donors (Lipinski definition) is 0. The number of rotatable bonds is 7. The van der Waals surface area contributed by atoms with Crippen molar-refractivity contribution in [1.82, 2.24) is 23.1 Å². The Morgan fingerprint density at radius 2 is 1.81 bits per heavy atom. The van der Waals surface area contributed by atoms with Crippen LogP contribution >= 0.6 is 11.6 Å². The van der Waals surface area contributed by atoms with E-state index in [1.165, 1.54) is 23.0 Å². The van der Waals surface area contributed by atoms with Crippen molar-refractivity contribution in [3.63, 3.8) is 0 Å². The Bertz CT molecular complexity index is 1410. The molecule has 0 spiro atoms. The molecule has 32 heavy (non-hydrogen) atoms. The number of aromatic nitrogens is 5. The first-order chi connectivity index (χ1) is 15.3. The zero-order valence-corrected chi connectivity index (χ0v) is 19.7. The molecule has 172 valence electrons. The molecule has 8 nitrogen and oxygen atoms in total. The standard InChI is InChI=1S/C19H19ClFN5O3S.C2H6/c1-30(28,29)26-16-6-8-22-11-17(16)25(19(26)27)12-18-23-14-10-13(20)4-5-15(14)24(18)9-3-2-7-21;1-2/h4-6,8,10-11H,2-3,7,9,12H2,1H3;1-2H3. The van der Waals surface area contributed by atoms with Crippen LogP contribution in [-0.2, 0) is 23.1 Å². The third-order valence-corrected chi connectivity index (χ3v) is 6.13. The van der Waals surface area contributed by atoms with Crippen molar-refractivity contribution >= 4 is 43.7 Å². The van der Waals surface area contributed by atoms with Crippen LogP contribution < -0.4 is 5.69 Å². The maximum atomic E-state index is 13.0. The second-order valence-electron chi connectivity index (χ2n) is 6.97. The molecule has 0 N–H and O–H groups in total. The van der Waals surface area contributed by atoms with Crippen molar-refractivity contribution in [2.45, 2.75) is 39.8 Å². The molecule has 0 radical (unpaired) electrons. The summed E-state index contributed by atoms with van der Waals surface area (Å²) >= 11 is 6.09. The molecule has 3 heterocycles. The molecular formula is C21H25ClFN5O3S. The molecule has 0 unspecified atom stereocenters. The molecule has 0 aliphatic heterocycles. The fraction of sp³-hybridized carbons (Fsp3) is 0.381. The van der Waals surface area contributed by atoms with E-state index in [-0.39, 0.29) is 12.1 Å². The Hall–Kier alpha value is -2.72. The number of fused-ring (bicyclic) bond motifs is 2. The smallest absolute Gasteiger partial charge is 0.326 e. The summed E-state index contributed by atoms with van der Waals surface area (Å²) in [6.45, 7) is 4.13. The van der Waals surface area contributed by atoms with Crippen LogP contribution in [0.25, 0.3) is 22.1 Å². The van der Waals surface area contributed by atoms with Gasteiger partial charge in [-0.15, -0.1) is 0 Å². The molecule has 0 saturated heterocycles. The lowest BCUT2D eigenvalue weighted by atomic mass is 10.3. The average Bonchev–Trinajstić information content (AvgIpc) is 3.24. The van der Waals surface area contributed by atoms with Gasteiger partial charge in [-0.2, -0.15) is 3.97 Å². The van der Waals surface area contributed by atoms with Crippen LogP contribution in [0.2, 0.25) is 5.02 Å². The van der Waals surface area contributed by atoms with Crippen LogP contribution in [-0.4, -0.2) is 44.4 Å².